The van der Waals surface area contributed by atoms with Gasteiger partial charge >= 0.3 is 0 Å². The third-order valence-electron chi connectivity index (χ3n) is 5.23. The van der Waals surface area contributed by atoms with Crippen LogP contribution in [0.25, 0.3) is 5.13 Å². The molecule has 0 aliphatic carbocycles. The van der Waals surface area contributed by atoms with E-state index < -0.39 is 0 Å². The highest BCUT2D eigenvalue weighted by Gasteiger charge is 2.20. The molecule has 0 saturated carbocycles. The number of amides is 1. The molecule has 0 saturated heterocycles. The van der Waals surface area contributed by atoms with Gasteiger partial charge in [0.2, 0.25) is 5.13 Å². The molecule has 0 fully saturated rings. The summed E-state index contributed by atoms with van der Waals surface area (Å²) in [5.41, 5.74) is 5.91. The predicted octanol–water partition coefficient (Wildman–Crippen LogP) is 4.70. The molecule has 1 amide bonds. The SMILES string of the molecule is Cc1ccc(NC(=O)c2sc(-n3[nH]c(C)c(Cc4ccccc4)c3=O)nc2C)c(C)c1. The van der Waals surface area contributed by atoms with Gasteiger partial charge in [0, 0.05) is 23.4 Å². The van der Waals surface area contributed by atoms with E-state index in [1.54, 1.807) is 6.92 Å². The molecule has 2 aromatic heterocycles. The van der Waals surface area contributed by atoms with Gasteiger partial charge < -0.3 is 5.32 Å². The van der Waals surface area contributed by atoms with E-state index in [-0.39, 0.29) is 11.5 Å². The van der Waals surface area contributed by atoms with Crippen LogP contribution < -0.4 is 10.9 Å². The minimum absolute atomic E-state index is 0.142. The van der Waals surface area contributed by atoms with Crippen LogP contribution in [0.15, 0.2) is 53.3 Å². The van der Waals surface area contributed by atoms with Gasteiger partial charge in [-0.15, -0.1) is 0 Å². The summed E-state index contributed by atoms with van der Waals surface area (Å²) < 4.78 is 1.43. The molecule has 2 N–H and O–H groups in total. The highest BCUT2D eigenvalue weighted by atomic mass is 32.1. The minimum atomic E-state index is -0.228. The summed E-state index contributed by atoms with van der Waals surface area (Å²) in [6.45, 7) is 7.64. The summed E-state index contributed by atoms with van der Waals surface area (Å²) in [6.07, 6.45) is 0.541. The Labute approximate surface area is 184 Å². The first kappa shape index (κ1) is 20.8. The third-order valence-corrected chi connectivity index (χ3v) is 6.37. The number of carbonyl (C=O) groups excluding carboxylic acids is 1. The molecule has 0 spiro atoms. The molecule has 0 radical (unpaired) electrons. The van der Waals surface area contributed by atoms with Crippen molar-refractivity contribution in [1.82, 2.24) is 14.8 Å². The lowest BCUT2D eigenvalue weighted by atomic mass is 10.1. The Bertz CT molecular complexity index is 1320. The maximum Gasteiger partial charge on any atom is 0.277 e. The minimum Gasteiger partial charge on any atom is -0.321 e. The van der Waals surface area contributed by atoms with Gasteiger partial charge in [-0.3, -0.25) is 14.7 Å². The van der Waals surface area contributed by atoms with E-state index in [1.165, 1.54) is 16.0 Å². The Morgan fingerprint density at radius 2 is 1.84 bits per heavy atom. The monoisotopic (exact) mass is 432 g/mol. The second kappa shape index (κ2) is 8.35. The van der Waals surface area contributed by atoms with Crippen LogP contribution in [0.4, 0.5) is 5.69 Å². The predicted molar refractivity (Wildman–Crippen MR) is 125 cm³/mol. The number of carbonyl (C=O) groups is 1. The van der Waals surface area contributed by atoms with E-state index in [1.807, 2.05) is 69.3 Å². The molecule has 0 unspecified atom stereocenters. The molecule has 7 heteroatoms. The van der Waals surface area contributed by atoms with E-state index in [0.717, 1.165) is 28.1 Å². The summed E-state index contributed by atoms with van der Waals surface area (Å²) in [4.78, 5) is 30.9. The van der Waals surface area contributed by atoms with Crippen molar-refractivity contribution >= 4 is 22.9 Å². The number of H-pyrrole nitrogens is 1. The van der Waals surface area contributed by atoms with Gasteiger partial charge in [-0.1, -0.05) is 59.4 Å². The van der Waals surface area contributed by atoms with E-state index in [2.05, 4.69) is 15.4 Å². The molecule has 0 atom stereocenters. The van der Waals surface area contributed by atoms with Crippen molar-refractivity contribution in [2.75, 3.05) is 5.32 Å². The molecule has 0 aliphatic heterocycles. The van der Waals surface area contributed by atoms with Gasteiger partial charge in [0.05, 0.1) is 5.69 Å². The van der Waals surface area contributed by atoms with Gasteiger partial charge in [-0.2, -0.15) is 4.68 Å². The topological polar surface area (TPSA) is 79.8 Å². The summed E-state index contributed by atoms with van der Waals surface area (Å²) in [5, 5.41) is 6.53. The van der Waals surface area contributed by atoms with Crippen molar-refractivity contribution < 1.29 is 4.79 Å². The van der Waals surface area contributed by atoms with Gasteiger partial charge in [-0.05, 0) is 44.9 Å². The second-order valence-corrected chi connectivity index (χ2v) is 8.68. The zero-order valence-corrected chi connectivity index (χ0v) is 18.8. The molecule has 0 bridgehead atoms. The van der Waals surface area contributed by atoms with Crippen LogP contribution in [0, 0.1) is 27.7 Å². The molecule has 31 heavy (non-hydrogen) atoms. The summed E-state index contributed by atoms with van der Waals surface area (Å²) in [7, 11) is 0. The normalized spacial score (nSPS) is 11.0. The molecule has 4 aromatic rings. The fourth-order valence-corrected chi connectivity index (χ4v) is 4.47. The van der Waals surface area contributed by atoms with E-state index in [4.69, 9.17) is 0 Å². The van der Waals surface area contributed by atoms with Crippen LogP contribution in [0.2, 0.25) is 0 Å². The maximum atomic E-state index is 13.1. The van der Waals surface area contributed by atoms with Crippen molar-refractivity contribution in [1.29, 1.82) is 0 Å². The van der Waals surface area contributed by atoms with Gasteiger partial charge in [0.1, 0.15) is 4.88 Å². The Balaban J connectivity index is 1.62. The molecule has 0 aliphatic rings. The quantitative estimate of drug-likeness (QED) is 0.480. The number of thiazole rings is 1. The summed E-state index contributed by atoms with van der Waals surface area (Å²) in [5.74, 6) is -0.228. The number of nitrogens with one attached hydrogen (secondary N) is 2. The van der Waals surface area contributed by atoms with Crippen molar-refractivity contribution in [3.63, 3.8) is 0 Å². The van der Waals surface area contributed by atoms with E-state index in [0.29, 0.717) is 27.7 Å². The average molecular weight is 433 g/mol. The van der Waals surface area contributed by atoms with Crippen LogP contribution in [0.3, 0.4) is 0 Å². The fraction of sp³-hybridized carbons (Fsp3) is 0.208. The van der Waals surface area contributed by atoms with Gasteiger partial charge in [0.15, 0.2) is 0 Å². The summed E-state index contributed by atoms with van der Waals surface area (Å²) >= 11 is 1.20. The van der Waals surface area contributed by atoms with Crippen LogP contribution in [-0.4, -0.2) is 20.7 Å². The number of aryl methyl sites for hydroxylation is 4. The van der Waals surface area contributed by atoms with Gasteiger partial charge in [0.25, 0.3) is 11.5 Å². The Morgan fingerprint density at radius 3 is 2.55 bits per heavy atom. The number of nitrogens with zero attached hydrogens (tertiary/aromatic N) is 2. The first-order valence-corrected chi connectivity index (χ1v) is 10.9. The smallest absolute Gasteiger partial charge is 0.277 e. The number of benzene rings is 2. The largest absolute Gasteiger partial charge is 0.321 e. The highest BCUT2D eigenvalue weighted by molar-refractivity contribution is 7.16. The molecular formula is C24H24N4O2S. The first-order chi connectivity index (χ1) is 14.8. The standard InChI is InChI=1S/C24H24N4O2S/c1-14-10-11-20(15(2)12-14)26-22(29)21-17(4)25-24(31-21)28-23(30)19(16(3)27-28)13-18-8-6-5-7-9-18/h5-12,27H,13H2,1-4H3,(H,26,29). The van der Waals surface area contributed by atoms with Crippen LogP contribution in [0.5, 0.6) is 0 Å². The van der Waals surface area contributed by atoms with Crippen LogP contribution in [-0.2, 0) is 6.42 Å². The van der Waals surface area contributed by atoms with Crippen molar-refractivity contribution in [3.8, 4) is 5.13 Å². The zero-order valence-electron chi connectivity index (χ0n) is 17.9. The molecule has 158 valence electrons. The van der Waals surface area contributed by atoms with Crippen LogP contribution in [0.1, 0.15) is 43.3 Å². The zero-order chi connectivity index (χ0) is 22.1. The highest BCUT2D eigenvalue weighted by Crippen LogP contribution is 2.24. The average Bonchev–Trinajstić information content (AvgIpc) is 3.25. The van der Waals surface area contributed by atoms with Crippen LogP contribution >= 0.6 is 11.3 Å². The Morgan fingerprint density at radius 1 is 1.10 bits per heavy atom. The Kier molecular flexibility index (Phi) is 5.61. The number of aromatic amines is 1. The fourth-order valence-electron chi connectivity index (χ4n) is 3.55. The number of hydrogen-bond donors (Lipinski definition) is 2. The lowest BCUT2D eigenvalue weighted by Gasteiger charge is -2.08. The molecular weight excluding hydrogens is 408 g/mol. The lowest BCUT2D eigenvalue weighted by molar-refractivity contribution is 0.102. The number of rotatable bonds is 5. The number of hydrogen-bond acceptors (Lipinski definition) is 4. The maximum absolute atomic E-state index is 13.1. The third kappa shape index (κ3) is 4.22. The number of aromatic nitrogens is 3. The summed E-state index contributed by atoms with van der Waals surface area (Å²) in [6, 6.07) is 15.8. The molecule has 4 rings (SSSR count). The lowest BCUT2D eigenvalue weighted by Crippen LogP contribution is -2.17. The molecule has 6 nitrogen and oxygen atoms in total. The van der Waals surface area contributed by atoms with Crippen molar-refractivity contribution in [3.05, 3.63) is 97.4 Å². The Hall–Kier alpha value is -3.45. The molecule has 2 heterocycles. The molecule has 2 aromatic carbocycles. The van der Waals surface area contributed by atoms with Crippen molar-refractivity contribution in [2.24, 2.45) is 0 Å². The van der Waals surface area contributed by atoms with Crippen molar-refractivity contribution in [2.45, 2.75) is 34.1 Å². The second-order valence-electron chi connectivity index (χ2n) is 7.70. The van der Waals surface area contributed by atoms with Gasteiger partial charge in [-0.25, -0.2) is 4.98 Å². The van der Waals surface area contributed by atoms with E-state index >= 15 is 0 Å². The first-order valence-electron chi connectivity index (χ1n) is 10.0. The van der Waals surface area contributed by atoms with E-state index in [9.17, 15) is 9.59 Å². The number of anilines is 1.